The first-order valence-electron chi connectivity index (χ1n) is 13.4. The van der Waals surface area contributed by atoms with Gasteiger partial charge in [-0.3, -0.25) is 4.79 Å². The number of ether oxygens (including phenoxy) is 2. The third-order valence-electron chi connectivity index (χ3n) is 7.44. The molecule has 0 N–H and O–H groups in total. The highest BCUT2D eigenvalue weighted by Gasteiger charge is 2.35. The van der Waals surface area contributed by atoms with E-state index in [0.717, 1.165) is 44.5 Å². The molecule has 0 saturated heterocycles. The molecule has 35 heavy (non-hydrogen) atoms. The molecule has 1 aliphatic carbocycles. The maximum atomic E-state index is 12.4. The lowest BCUT2D eigenvalue weighted by molar-refractivity contribution is -0.159. The van der Waals surface area contributed by atoms with Gasteiger partial charge in [-0.15, -0.1) is 0 Å². The summed E-state index contributed by atoms with van der Waals surface area (Å²) in [6.07, 6.45) is 10.3. The van der Waals surface area contributed by atoms with Crippen LogP contribution in [0.1, 0.15) is 96.5 Å². The Bertz CT molecular complexity index is 952. The molecule has 1 saturated carbocycles. The standard InChI is InChI=1S/C31H41NO3/c1-4-6-7-8-9-22-34-28-18-14-26(15-19-28)24-10-12-25(13-11-24)27-16-20-29(21-17-27)35-30(33)31(3,5-2)23-32/h10-15,18-19,27,29H,4-9,16-17,20-22H2,1-3H3. The summed E-state index contributed by atoms with van der Waals surface area (Å²) in [7, 11) is 0. The molecule has 1 unspecified atom stereocenters. The van der Waals surface area contributed by atoms with Gasteiger partial charge >= 0.3 is 5.97 Å². The van der Waals surface area contributed by atoms with Crippen LogP contribution in [0.4, 0.5) is 0 Å². The van der Waals surface area contributed by atoms with Crippen molar-refractivity contribution in [3.05, 3.63) is 54.1 Å². The van der Waals surface area contributed by atoms with Crippen LogP contribution in [0.2, 0.25) is 0 Å². The van der Waals surface area contributed by atoms with E-state index in [-0.39, 0.29) is 12.1 Å². The van der Waals surface area contributed by atoms with E-state index in [1.807, 2.05) is 6.92 Å². The summed E-state index contributed by atoms with van der Waals surface area (Å²) in [5, 5.41) is 9.30. The van der Waals surface area contributed by atoms with Gasteiger partial charge in [0, 0.05) is 0 Å². The Kier molecular flexibility index (Phi) is 10.2. The number of unbranched alkanes of at least 4 members (excludes halogenated alkanes) is 4. The highest BCUT2D eigenvalue weighted by atomic mass is 16.5. The highest BCUT2D eigenvalue weighted by molar-refractivity contribution is 5.79. The van der Waals surface area contributed by atoms with Crippen LogP contribution in [-0.4, -0.2) is 18.7 Å². The average Bonchev–Trinajstić information content (AvgIpc) is 2.91. The van der Waals surface area contributed by atoms with Crippen molar-refractivity contribution in [2.45, 2.75) is 97.0 Å². The molecule has 1 aliphatic rings. The van der Waals surface area contributed by atoms with Crippen LogP contribution in [0, 0.1) is 16.7 Å². The number of hydrogen-bond donors (Lipinski definition) is 0. The summed E-state index contributed by atoms with van der Waals surface area (Å²) in [6, 6.07) is 19.4. The van der Waals surface area contributed by atoms with Crippen LogP contribution < -0.4 is 4.74 Å². The van der Waals surface area contributed by atoms with Gasteiger partial charge in [-0.2, -0.15) is 5.26 Å². The van der Waals surface area contributed by atoms with Crippen molar-refractivity contribution in [2.75, 3.05) is 6.61 Å². The minimum Gasteiger partial charge on any atom is -0.494 e. The van der Waals surface area contributed by atoms with Gasteiger partial charge in [0.2, 0.25) is 0 Å². The van der Waals surface area contributed by atoms with E-state index in [1.54, 1.807) is 6.92 Å². The molecule has 0 aliphatic heterocycles. The van der Waals surface area contributed by atoms with Crippen LogP contribution >= 0.6 is 0 Å². The largest absolute Gasteiger partial charge is 0.494 e. The van der Waals surface area contributed by atoms with E-state index < -0.39 is 5.41 Å². The third kappa shape index (κ3) is 7.59. The predicted octanol–water partition coefficient (Wildman–Crippen LogP) is 8.21. The van der Waals surface area contributed by atoms with E-state index in [0.29, 0.717) is 12.3 Å². The predicted molar refractivity (Wildman–Crippen MR) is 141 cm³/mol. The van der Waals surface area contributed by atoms with E-state index in [4.69, 9.17) is 9.47 Å². The normalized spacial score (nSPS) is 19.4. The SMILES string of the molecule is CCCCCCCOc1ccc(-c2ccc(C3CCC(OC(=O)C(C)(C#N)CC)CC3)cc2)cc1. The van der Waals surface area contributed by atoms with Crippen LogP contribution in [0.3, 0.4) is 0 Å². The van der Waals surface area contributed by atoms with E-state index in [2.05, 4.69) is 61.5 Å². The zero-order valence-electron chi connectivity index (χ0n) is 21.7. The molecule has 0 radical (unpaired) electrons. The molecule has 1 atom stereocenters. The Morgan fingerprint density at radius 2 is 1.51 bits per heavy atom. The van der Waals surface area contributed by atoms with Crippen LogP contribution in [-0.2, 0) is 9.53 Å². The van der Waals surface area contributed by atoms with Crippen LogP contribution in [0.5, 0.6) is 5.75 Å². The molecule has 2 aromatic rings. The van der Waals surface area contributed by atoms with E-state index >= 15 is 0 Å². The zero-order chi connectivity index (χ0) is 25.1. The van der Waals surface area contributed by atoms with Gasteiger partial charge in [0.1, 0.15) is 11.9 Å². The Hall–Kier alpha value is -2.80. The quantitative estimate of drug-likeness (QED) is 0.229. The minimum atomic E-state index is -1.04. The van der Waals surface area contributed by atoms with E-state index in [1.165, 1.54) is 42.4 Å². The number of rotatable bonds is 12. The number of carbonyl (C=O) groups excluding carboxylic acids is 1. The van der Waals surface area contributed by atoms with Gasteiger partial charge in [0.05, 0.1) is 12.7 Å². The molecular formula is C31H41NO3. The number of hydrogen-bond acceptors (Lipinski definition) is 4. The molecule has 0 amide bonds. The van der Waals surface area contributed by atoms with Gasteiger partial charge in [0.25, 0.3) is 0 Å². The van der Waals surface area contributed by atoms with Gasteiger partial charge < -0.3 is 9.47 Å². The fourth-order valence-corrected chi connectivity index (χ4v) is 4.65. The topological polar surface area (TPSA) is 59.3 Å². The Labute approximate surface area is 211 Å². The molecule has 4 heteroatoms. The van der Waals surface area contributed by atoms with Crippen molar-refractivity contribution in [1.82, 2.24) is 0 Å². The van der Waals surface area contributed by atoms with Crippen LogP contribution in [0.15, 0.2) is 48.5 Å². The summed E-state index contributed by atoms with van der Waals surface area (Å²) in [5.74, 6) is 1.05. The molecule has 4 nitrogen and oxygen atoms in total. The monoisotopic (exact) mass is 475 g/mol. The molecule has 0 bridgehead atoms. The lowest BCUT2D eigenvalue weighted by Gasteiger charge is -2.30. The lowest BCUT2D eigenvalue weighted by atomic mass is 9.82. The van der Waals surface area contributed by atoms with Gasteiger partial charge in [0.15, 0.2) is 5.41 Å². The molecule has 2 aromatic carbocycles. The summed E-state index contributed by atoms with van der Waals surface area (Å²) in [4.78, 5) is 12.4. The molecule has 0 aromatic heterocycles. The van der Waals surface area contributed by atoms with Crippen molar-refractivity contribution in [3.8, 4) is 22.9 Å². The first kappa shape index (κ1) is 26.8. The zero-order valence-corrected chi connectivity index (χ0v) is 21.7. The molecular weight excluding hydrogens is 434 g/mol. The minimum absolute atomic E-state index is 0.0747. The Balaban J connectivity index is 1.46. The maximum absolute atomic E-state index is 12.4. The number of benzene rings is 2. The first-order chi connectivity index (χ1) is 17.0. The van der Waals surface area contributed by atoms with Crippen molar-refractivity contribution in [1.29, 1.82) is 5.26 Å². The number of carbonyl (C=O) groups is 1. The van der Waals surface area contributed by atoms with Crippen molar-refractivity contribution >= 4 is 5.97 Å². The van der Waals surface area contributed by atoms with Gasteiger partial charge in [-0.05, 0) is 80.2 Å². The lowest BCUT2D eigenvalue weighted by Crippen LogP contribution is -2.33. The Morgan fingerprint density at radius 3 is 2.09 bits per heavy atom. The van der Waals surface area contributed by atoms with Gasteiger partial charge in [-0.25, -0.2) is 0 Å². The highest BCUT2D eigenvalue weighted by Crippen LogP contribution is 2.36. The summed E-state index contributed by atoms with van der Waals surface area (Å²) >= 11 is 0. The second-order valence-electron chi connectivity index (χ2n) is 10.1. The maximum Gasteiger partial charge on any atom is 0.326 e. The number of nitriles is 1. The first-order valence-corrected chi connectivity index (χ1v) is 13.4. The summed E-state index contributed by atoms with van der Waals surface area (Å²) < 4.78 is 11.6. The van der Waals surface area contributed by atoms with Crippen molar-refractivity contribution < 1.29 is 14.3 Å². The second-order valence-corrected chi connectivity index (χ2v) is 10.1. The molecule has 188 valence electrons. The molecule has 1 fully saturated rings. The van der Waals surface area contributed by atoms with Crippen molar-refractivity contribution in [2.24, 2.45) is 5.41 Å². The van der Waals surface area contributed by atoms with Gasteiger partial charge in [-0.1, -0.05) is 75.9 Å². The average molecular weight is 476 g/mol. The third-order valence-corrected chi connectivity index (χ3v) is 7.44. The molecule has 0 spiro atoms. The fourth-order valence-electron chi connectivity index (χ4n) is 4.65. The van der Waals surface area contributed by atoms with E-state index in [9.17, 15) is 10.1 Å². The van der Waals surface area contributed by atoms with Crippen molar-refractivity contribution in [3.63, 3.8) is 0 Å². The number of esters is 1. The second kappa shape index (κ2) is 13.3. The molecule has 3 rings (SSSR count). The Morgan fingerprint density at radius 1 is 0.914 bits per heavy atom. The fraction of sp³-hybridized carbons (Fsp3) is 0.548. The summed E-state index contributed by atoms with van der Waals surface area (Å²) in [5.41, 5.74) is 2.71. The molecule has 0 heterocycles. The summed E-state index contributed by atoms with van der Waals surface area (Å²) in [6.45, 7) is 6.54. The smallest absolute Gasteiger partial charge is 0.326 e. The van der Waals surface area contributed by atoms with Crippen LogP contribution in [0.25, 0.3) is 11.1 Å². The number of nitrogens with zero attached hydrogens (tertiary/aromatic N) is 1.